The lowest BCUT2D eigenvalue weighted by Gasteiger charge is -2.16. The summed E-state index contributed by atoms with van der Waals surface area (Å²) in [5.74, 6) is 0. The fraction of sp³-hybridized carbons (Fsp3) is 0.667. The number of aliphatic hydroxyl groups is 1. The van der Waals surface area contributed by atoms with Gasteiger partial charge in [0.2, 0.25) is 0 Å². The van der Waals surface area contributed by atoms with E-state index >= 15 is 0 Å². The van der Waals surface area contributed by atoms with Crippen molar-refractivity contribution in [2.24, 2.45) is 0 Å². The molecule has 1 aliphatic rings. The summed E-state index contributed by atoms with van der Waals surface area (Å²) in [7, 11) is 0. The first-order valence-corrected chi connectivity index (χ1v) is 5.48. The van der Waals surface area contributed by atoms with Crippen LogP contribution in [0.4, 0.5) is 0 Å². The molecule has 2 N–H and O–H groups in total. The molecule has 1 aliphatic heterocycles. The second-order valence-electron chi connectivity index (χ2n) is 3.45. The lowest BCUT2D eigenvalue weighted by atomic mass is 10.1. The molecule has 1 aromatic rings. The maximum atomic E-state index is 10.00. The van der Waals surface area contributed by atoms with Crippen LogP contribution in [0.5, 0.6) is 0 Å². The monoisotopic (exact) mass is 198 g/mol. The van der Waals surface area contributed by atoms with Gasteiger partial charge in [0.15, 0.2) is 0 Å². The summed E-state index contributed by atoms with van der Waals surface area (Å²) in [5.41, 5.74) is 2.76. The van der Waals surface area contributed by atoms with Gasteiger partial charge in [0.05, 0.1) is 16.1 Å². The number of nitrogens with one attached hydrogen (secondary N) is 1. The Hall–Kier alpha value is -0.450. The van der Waals surface area contributed by atoms with Gasteiger partial charge in [0.25, 0.3) is 0 Å². The van der Waals surface area contributed by atoms with Gasteiger partial charge in [-0.25, -0.2) is 4.98 Å². The molecule has 0 amide bonds. The molecule has 1 aromatic heterocycles. The molecule has 2 rings (SSSR count). The summed E-state index contributed by atoms with van der Waals surface area (Å²) in [6.07, 6.45) is 1.87. The molecule has 4 heteroatoms. The van der Waals surface area contributed by atoms with Crippen LogP contribution in [0.3, 0.4) is 0 Å². The maximum Gasteiger partial charge on any atom is 0.105 e. The molecule has 13 heavy (non-hydrogen) atoms. The van der Waals surface area contributed by atoms with E-state index in [9.17, 15) is 5.11 Å². The molecular weight excluding hydrogens is 184 g/mol. The molecule has 2 atom stereocenters. The van der Waals surface area contributed by atoms with Crippen LogP contribution in [-0.4, -0.2) is 22.7 Å². The highest BCUT2D eigenvalue weighted by Crippen LogP contribution is 2.27. The van der Waals surface area contributed by atoms with Crippen LogP contribution in [0.15, 0.2) is 5.51 Å². The normalized spacial score (nSPS) is 24.9. The smallest absolute Gasteiger partial charge is 0.105 e. The van der Waals surface area contributed by atoms with Crippen LogP contribution < -0.4 is 5.32 Å². The molecule has 72 valence electrons. The Labute approximate surface area is 81.8 Å². The molecule has 1 saturated heterocycles. The molecule has 3 nitrogen and oxygen atoms in total. The number of hydrogen-bond donors (Lipinski definition) is 2. The van der Waals surface area contributed by atoms with Crippen molar-refractivity contribution in [3.05, 3.63) is 16.1 Å². The third-order valence-electron chi connectivity index (χ3n) is 2.53. The van der Waals surface area contributed by atoms with Crippen LogP contribution in [-0.2, 0) is 0 Å². The largest absolute Gasteiger partial charge is 0.386 e. The topological polar surface area (TPSA) is 45.2 Å². The maximum absolute atomic E-state index is 10.00. The van der Waals surface area contributed by atoms with Crippen LogP contribution in [0.1, 0.15) is 29.5 Å². The minimum Gasteiger partial charge on any atom is -0.386 e. The first-order chi connectivity index (χ1) is 6.29. The van der Waals surface area contributed by atoms with Crippen molar-refractivity contribution < 1.29 is 5.11 Å². The van der Waals surface area contributed by atoms with E-state index in [4.69, 9.17) is 0 Å². The molecule has 0 saturated carbocycles. The van der Waals surface area contributed by atoms with Crippen molar-refractivity contribution in [1.29, 1.82) is 0 Å². The number of aryl methyl sites for hydroxylation is 1. The van der Waals surface area contributed by atoms with Crippen LogP contribution in [0.2, 0.25) is 0 Å². The van der Waals surface area contributed by atoms with Gasteiger partial charge in [-0.1, -0.05) is 0 Å². The van der Waals surface area contributed by atoms with Crippen molar-refractivity contribution in [2.75, 3.05) is 6.54 Å². The molecule has 1 fully saturated rings. The van der Waals surface area contributed by atoms with E-state index in [-0.39, 0.29) is 12.1 Å². The second kappa shape index (κ2) is 3.74. The van der Waals surface area contributed by atoms with E-state index in [0.717, 1.165) is 23.5 Å². The minimum atomic E-state index is -0.366. The fourth-order valence-corrected chi connectivity index (χ4v) is 2.61. The summed E-state index contributed by atoms with van der Waals surface area (Å²) in [6.45, 7) is 2.98. The van der Waals surface area contributed by atoms with Gasteiger partial charge in [0, 0.05) is 6.04 Å². The Morgan fingerprint density at radius 3 is 3.15 bits per heavy atom. The molecular formula is C9H14N2OS. The van der Waals surface area contributed by atoms with Crippen molar-refractivity contribution >= 4 is 11.3 Å². The Bertz CT molecular complexity index is 281. The SMILES string of the molecule is Cc1ncsc1C(O)[C@H]1CCCN1. The Kier molecular flexibility index (Phi) is 2.62. The molecule has 2 heterocycles. The standard InChI is InChI=1S/C9H14N2OS/c1-6-9(13-5-11-6)8(12)7-3-2-4-10-7/h5,7-8,10,12H,2-4H2,1H3/t7-,8?/m1/s1. The number of rotatable bonds is 2. The van der Waals surface area contributed by atoms with Gasteiger partial charge in [-0.05, 0) is 26.3 Å². The van der Waals surface area contributed by atoms with E-state index in [2.05, 4.69) is 10.3 Å². The van der Waals surface area contributed by atoms with Gasteiger partial charge in [0.1, 0.15) is 6.10 Å². The highest BCUT2D eigenvalue weighted by Gasteiger charge is 2.26. The van der Waals surface area contributed by atoms with Gasteiger partial charge < -0.3 is 10.4 Å². The molecule has 0 aliphatic carbocycles. The zero-order valence-corrected chi connectivity index (χ0v) is 8.47. The fourth-order valence-electron chi connectivity index (χ4n) is 1.76. The predicted molar refractivity (Wildman–Crippen MR) is 52.8 cm³/mol. The Morgan fingerprint density at radius 1 is 1.77 bits per heavy atom. The number of aliphatic hydroxyl groups excluding tert-OH is 1. The van der Waals surface area contributed by atoms with E-state index in [1.807, 2.05) is 6.92 Å². The first-order valence-electron chi connectivity index (χ1n) is 4.60. The van der Waals surface area contributed by atoms with E-state index in [1.165, 1.54) is 6.42 Å². The summed E-state index contributed by atoms with van der Waals surface area (Å²) >= 11 is 1.54. The van der Waals surface area contributed by atoms with Crippen molar-refractivity contribution in [1.82, 2.24) is 10.3 Å². The van der Waals surface area contributed by atoms with Crippen LogP contribution >= 0.6 is 11.3 Å². The molecule has 0 spiro atoms. The lowest BCUT2D eigenvalue weighted by Crippen LogP contribution is -2.28. The van der Waals surface area contributed by atoms with Crippen LogP contribution in [0, 0.1) is 6.92 Å². The van der Waals surface area contributed by atoms with E-state index < -0.39 is 0 Å². The second-order valence-corrected chi connectivity index (χ2v) is 4.34. The average Bonchev–Trinajstić information content (AvgIpc) is 2.72. The third kappa shape index (κ3) is 1.75. The lowest BCUT2D eigenvalue weighted by molar-refractivity contribution is 0.140. The predicted octanol–water partition coefficient (Wildman–Crippen LogP) is 1.24. The number of thiazole rings is 1. The molecule has 0 bridgehead atoms. The zero-order valence-electron chi connectivity index (χ0n) is 7.66. The molecule has 0 aromatic carbocycles. The quantitative estimate of drug-likeness (QED) is 0.751. The zero-order chi connectivity index (χ0) is 9.26. The average molecular weight is 198 g/mol. The number of aromatic nitrogens is 1. The third-order valence-corrected chi connectivity index (χ3v) is 3.53. The number of nitrogens with zero attached hydrogens (tertiary/aromatic N) is 1. The van der Waals surface area contributed by atoms with E-state index in [0.29, 0.717) is 0 Å². The summed E-state index contributed by atoms with van der Waals surface area (Å²) < 4.78 is 0. The summed E-state index contributed by atoms with van der Waals surface area (Å²) in [5, 5.41) is 13.3. The van der Waals surface area contributed by atoms with Crippen LogP contribution in [0.25, 0.3) is 0 Å². The van der Waals surface area contributed by atoms with Crippen molar-refractivity contribution in [3.8, 4) is 0 Å². The summed E-state index contributed by atoms with van der Waals surface area (Å²) in [6, 6.07) is 0.235. The first kappa shape index (κ1) is 9.12. The van der Waals surface area contributed by atoms with Gasteiger partial charge >= 0.3 is 0 Å². The number of hydrogen-bond acceptors (Lipinski definition) is 4. The Balaban J connectivity index is 2.12. The van der Waals surface area contributed by atoms with E-state index in [1.54, 1.807) is 16.8 Å². The molecule has 0 radical (unpaired) electrons. The van der Waals surface area contributed by atoms with Gasteiger partial charge in [-0.15, -0.1) is 11.3 Å². The highest BCUT2D eigenvalue weighted by atomic mass is 32.1. The highest BCUT2D eigenvalue weighted by molar-refractivity contribution is 7.09. The van der Waals surface area contributed by atoms with Gasteiger partial charge in [-0.2, -0.15) is 0 Å². The van der Waals surface area contributed by atoms with Crippen molar-refractivity contribution in [2.45, 2.75) is 31.9 Å². The molecule has 1 unspecified atom stereocenters. The Morgan fingerprint density at radius 2 is 2.62 bits per heavy atom. The van der Waals surface area contributed by atoms with Crippen molar-refractivity contribution in [3.63, 3.8) is 0 Å². The van der Waals surface area contributed by atoms with Gasteiger partial charge in [-0.3, -0.25) is 0 Å². The minimum absolute atomic E-state index is 0.235. The summed E-state index contributed by atoms with van der Waals surface area (Å²) in [4.78, 5) is 5.15.